The van der Waals surface area contributed by atoms with Crippen molar-refractivity contribution >= 4 is 28.4 Å². The van der Waals surface area contributed by atoms with Gasteiger partial charge in [-0.25, -0.2) is 0 Å². The lowest BCUT2D eigenvalue weighted by Crippen LogP contribution is -2.04. The Morgan fingerprint density at radius 2 is 1.89 bits per heavy atom. The third kappa shape index (κ3) is 3.80. The number of carbonyl (C=O) groups is 1. The average Bonchev–Trinajstić information content (AvgIpc) is 2.46. The SMILES string of the molecule is COc1ccc(I)cc1C(=O)CCc1ccccc1. The van der Waals surface area contributed by atoms with Gasteiger partial charge in [0, 0.05) is 9.99 Å². The van der Waals surface area contributed by atoms with Gasteiger partial charge < -0.3 is 4.74 Å². The summed E-state index contributed by atoms with van der Waals surface area (Å²) in [4.78, 5) is 12.3. The largest absolute Gasteiger partial charge is 0.496 e. The van der Waals surface area contributed by atoms with E-state index in [0.29, 0.717) is 17.7 Å². The monoisotopic (exact) mass is 366 g/mol. The first-order valence-corrected chi connectivity index (χ1v) is 7.19. The molecular weight excluding hydrogens is 351 g/mol. The van der Waals surface area contributed by atoms with E-state index in [4.69, 9.17) is 4.74 Å². The summed E-state index contributed by atoms with van der Waals surface area (Å²) < 4.78 is 6.29. The van der Waals surface area contributed by atoms with Gasteiger partial charge in [0.15, 0.2) is 5.78 Å². The summed E-state index contributed by atoms with van der Waals surface area (Å²) >= 11 is 2.20. The Labute approximate surface area is 126 Å². The predicted molar refractivity (Wildman–Crippen MR) is 84.8 cm³/mol. The maximum absolute atomic E-state index is 12.3. The Bertz CT molecular complexity index is 564. The summed E-state index contributed by atoms with van der Waals surface area (Å²) in [7, 11) is 1.59. The lowest BCUT2D eigenvalue weighted by Gasteiger charge is -2.08. The van der Waals surface area contributed by atoms with E-state index in [1.54, 1.807) is 7.11 Å². The summed E-state index contributed by atoms with van der Waals surface area (Å²) in [6.45, 7) is 0. The van der Waals surface area contributed by atoms with Gasteiger partial charge in [-0.1, -0.05) is 30.3 Å². The van der Waals surface area contributed by atoms with E-state index < -0.39 is 0 Å². The van der Waals surface area contributed by atoms with Gasteiger partial charge >= 0.3 is 0 Å². The van der Waals surface area contributed by atoms with Crippen LogP contribution >= 0.6 is 22.6 Å². The number of hydrogen-bond donors (Lipinski definition) is 0. The molecule has 0 aliphatic rings. The molecule has 0 fully saturated rings. The molecule has 0 saturated heterocycles. The lowest BCUT2D eigenvalue weighted by molar-refractivity contribution is 0.0980. The fourth-order valence-corrected chi connectivity index (χ4v) is 2.43. The third-order valence-electron chi connectivity index (χ3n) is 2.95. The number of ether oxygens (including phenoxy) is 1. The molecule has 0 aromatic heterocycles. The molecule has 0 saturated carbocycles. The van der Waals surface area contributed by atoms with E-state index >= 15 is 0 Å². The highest BCUT2D eigenvalue weighted by molar-refractivity contribution is 14.1. The number of benzene rings is 2. The van der Waals surface area contributed by atoms with Crippen LogP contribution in [0.15, 0.2) is 48.5 Å². The van der Waals surface area contributed by atoms with Crippen LogP contribution in [0, 0.1) is 3.57 Å². The van der Waals surface area contributed by atoms with Gasteiger partial charge in [0.2, 0.25) is 0 Å². The highest BCUT2D eigenvalue weighted by Crippen LogP contribution is 2.23. The highest BCUT2D eigenvalue weighted by atomic mass is 127. The van der Waals surface area contributed by atoms with Crippen molar-refractivity contribution < 1.29 is 9.53 Å². The van der Waals surface area contributed by atoms with Gasteiger partial charge in [-0.05, 0) is 52.8 Å². The summed E-state index contributed by atoms with van der Waals surface area (Å²) in [5, 5.41) is 0. The third-order valence-corrected chi connectivity index (χ3v) is 3.62. The van der Waals surface area contributed by atoms with Crippen LogP contribution in [-0.4, -0.2) is 12.9 Å². The molecule has 0 N–H and O–H groups in total. The molecule has 0 unspecified atom stereocenters. The summed E-state index contributed by atoms with van der Waals surface area (Å²) in [5.74, 6) is 0.776. The van der Waals surface area contributed by atoms with Crippen molar-refractivity contribution in [1.29, 1.82) is 0 Å². The zero-order chi connectivity index (χ0) is 13.7. The molecule has 0 spiro atoms. The molecule has 2 aromatic rings. The van der Waals surface area contributed by atoms with Crippen LogP contribution in [0.25, 0.3) is 0 Å². The molecule has 3 heteroatoms. The number of rotatable bonds is 5. The second-order valence-corrected chi connectivity index (χ2v) is 5.50. The summed E-state index contributed by atoms with van der Waals surface area (Å²) in [6.07, 6.45) is 1.26. The van der Waals surface area contributed by atoms with E-state index in [-0.39, 0.29) is 5.78 Å². The predicted octanol–water partition coefficient (Wildman–Crippen LogP) is 4.12. The average molecular weight is 366 g/mol. The highest BCUT2D eigenvalue weighted by Gasteiger charge is 2.12. The van der Waals surface area contributed by atoms with Crippen molar-refractivity contribution in [2.24, 2.45) is 0 Å². The van der Waals surface area contributed by atoms with Gasteiger partial charge in [-0.3, -0.25) is 4.79 Å². The fourth-order valence-electron chi connectivity index (χ4n) is 1.94. The first-order valence-electron chi connectivity index (χ1n) is 6.11. The molecule has 0 amide bonds. The van der Waals surface area contributed by atoms with Crippen molar-refractivity contribution in [3.05, 3.63) is 63.2 Å². The van der Waals surface area contributed by atoms with Crippen LogP contribution in [-0.2, 0) is 6.42 Å². The van der Waals surface area contributed by atoms with Crippen molar-refractivity contribution in [3.63, 3.8) is 0 Å². The Balaban J connectivity index is 2.10. The lowest BCUT2D eigenvalue weighted by atomic mass is 10.0. The van der Waals surface area contributed by atoms with Crippen LogP contribution in [0.5, 0.6) is 5.75 Å². The zero-order valence-electron chi connectivity index (χ0n) is 10.7. The molecule has 2 nitrogen and oxygen atoms in total. The van der Waals surface area contributed by atoms with E-state index in [9.17, 15) is 4.79 Å². The van der Waals surface area contributed by atoms with Crippen LogP contribution < -0.4 is 4.74 Å². The molecule has 0 aliphatic carbocycles. The standard InChI is InChI=1S/C16H15IO2/c1-19-16-10-8-13(17)11-14(16)15(18)9-7-12-5-3-2-4-6-12/h2-6,8,10-11H,7,9H2,1H3. The maximum Gasteiger partial charge on any atom is 0.166 e. The van der Waals surface area contributed by atoms with Crippen LogP contribution in [0.4, 0.5) is 0 Å². The Kier molecular flexibility index (Phi) is 4.96. The minimum absolute atomic E-state index is 0.124. The minimum atomic E-state index is 0.124. The second-order valence-electron chi connectivity index (χ2n) is 4.25. The van der Waals surface area contributed by atoms with Crippen molar-refractivity contribution in [2.75, 3.05) is 7.11 Å². The van der Waals surface area contributed by atoms with E-state index in [0.717, 1.165) is 9.99 Å². The van der Waals surface area contributed by atoms with Gasteiger partial charge in [-0.2, -0.15) is 0 Å². The van der Waals surface area contributed by atoms with Crippen molar-refractivity contribution in [3.8, 4) is 5.75 Å². The van der Waals surface area contributed by atoms with Gasteiger partial charge in [0.05, 0.1) is 12.7 Å². The van der Waals surface area contributed by atoms with Gasteiger partial charge in [-0.15, -0.1) is 0 Å². The first-order chi connectivity index (χ1) is 9.20. The minimum Gasteiger partial charge on any atom is -0.496 e. The van der Waals surface area contributed by atoms with Gasteiger partial charge in [0.25, 0.3) is 0 Å². The molecule has 0 aliphatic heterocycles. The number of methoxy groups -OCH3 is 1. The topological polar surface area (TPSA) is 26.3 Å². The molecule has 2 rings (SSSR count). The molecule has 0 bridgehead atoms. The van der Waals surface area contributed by atoms with Crippen LogP contribution in [0.3, 0.4) is 0 Å². The molecule has 0 radical (unpaired) electrons. The smallest absolute Gasteiger partial charge is 0.166 e. The van der Waals surface area contributed by atoms with Crippen LogP contribution in [0.2, 0.25) is 0 Å². The Hall–Kier alpha value is -1.36. The van der Waals surface area contributed by atoms with E-state index in [2.05, 4.69) is 22.6 Å². The molecule has 0 heterocycles. The number of hydrogen-bond acceptors (Lipinski definition) is 2. The summed E-state index contributed by atoms with van der Waals surface area (Å²) in [6, 6.07) is 15.7. The zero-order valence-corrected chi connectivity index (χ0v) is 12.9. The number of ketones is 1. The Morgan fingerprint density at radius 3 is 2.58 bits per heavy atom. The molecule has 19 heavy (non-hydrogen) atoms. The quantitative estimate of drug-likeness (QED) is 0.588. The van der Waals surface area contributed by atoms with E-state index in [1.165, 1.54) is 5.56 Å². The number of aryl methyl sites for hydroxylation is 1. The molecular formula is C16H15IO2. The second kappa shape index (κ2) is 6.70. The molecule has 0 atom stereocenters. The maximum atomic E-state index is 12.3. The molecule has 98 valence electrons. The van der Waals surface area contributed by atoms with Crippen LogP contribution in [0.1, 0.15) is 22.3 Å². The van der Waals surface area contributed by atoms with E-state index in [1.807, 2.05) is 48.5 Å². The molecule has 2 aromatic carbocycles. The fraction of sp³-hybridized carbons (Fsp3) is 0.188. The number of carbonyl (C=O) groups excluding carboxylic acids is 1. The first kappa shape index (κ1) is 14.1. The summed E-state index contributed by atoms with van der Waals surface area (Å²) in [5.41, 5.74) is 1.85. The van der Waals surface area contributed by atoms with Crippen molar-refractivity contribution in [2.45, 2.75) is 12.8 Å². The number of Topliss-reactive ketones (excluding diaryl/α,β-unsaturated/α-hetero) is 1. The normalized spacial score (nSPS) is 10.2. The number of halogens is 1. The van der Waals surface area contributed by atoms with Gasteiger partial charge in [0.1, 0.15) is 5.75 Å². The Morgan fingerprint density at radius 1 is 1.16 bits per heavy atom. The van der Waals surface area contributed by atoms with Crippen molar-refractivity contribution in [1.82, 2.24) is 0 Å².